The van der Waals surface area contributed by atoms with Gasteiger partial charge < -0.3 is 35.2 Å². The lowest BCUT2D eigenvalue weighted by Crippen LogP contribution is -2.44. The summed E-state index contributed by atoms with van der Waals surface area (Å²) < 4.78 is 5.28. The zero-order valence-electron chi connectivity index (χ0n) is 41.9. The molecule has 12 rings (SSSR count). The van der Waals surface area contributed by atoms with Crippen LogP contribution in [-0.2, 0) is 4.74 Å². The molecule has 72 heavy (non-hydrogen) atoms. The molecular weight excluding hydrogens is 1000 g/mol. The highest BCUT2D eigenvalue weighted by Crippen LogP contribution is 2.38. The molecule has 8 atom stereocenters. The van der Waals surface area contributed by atoms with E-state index in [4.69, 9.17) is 62.0 Å². The molecule has 0 radical (unpaired) electrons. The van der Waals surface area contributed by atoms with E-state index >= 15 is 0 Å². The molecule has 22 heteroatoms. The second-order valence-corrected chi connectivity index (χ2v) is 23.1. The number of pyridine rings is 4. The van der Waals surface area contributed by atoms with Crippen LogP contribution in [-0.4, -0.2) is 191 Å². The molecule has 8 aliphatic heterocycles. The van der Waals surface area contributed by atoms with Crippen molar-refractivity contribution in [3.05, 3.63) is 80.8 Å². The van der Waals surface area contributed by atoms with Crippen LogP contribution in [0.2, 0.25) is 20.1 Å². The topological polar surface area (TPSA) is 179 Å². The molecule has 0 unspecified atom stereocenters. The number of anilines is 6. The van der Waals surface area contributed by atoms with Crippen molar-refractivity contribution in [2.75, 3.05) is 111 Å². The summed E-state index contributed by atoms with van der Waals surface area (Å²) in [4.78, 5) is 59.3. The van der Waals surface area contributed by atoms with Gasteiger partial charge in [-0.3, -0.25) is 24.9 Å². The first-order valence-corrected chi connectivity index (χ1v) is 26.1. The first-order chi connectivity index (χ1) is 34.2. The standard InChI is InChI=1S/C16H23ClN4O2.C12H14ClN3O2.C11H15ClN4.C11H14ClN3/c1-16(2,3)23-15(22)19-13-6-14(18-7-12(13)17)21-9-10-5-11(21)8-20(10)4;1-15-5-8-2-7(15)6-16(8)11-3-9(12(17)18)10(13)4-14-11;1-15-5-8-2-7(15)6-16(8)11-3-10(13)9(12)4-14-11;1-14-6-10-4-9(14)7-15(10)11-3-2-8(12)5-13-11/h6-7,10-11H,5,8-9H2,1-4H3,(H,18,19,22);3-4,7-8H,2,5-6H2,1H3,(H,17,18);3-4,7-8H,2,5-6H2,1H3,(H2,13,14);2-3,5,9-10H,4,6-7H2,1H3/t10-,11-;2*7-,8-;9-,10-/m1111/s1. The number of likely N-dealkylation sites (N-methyl/N-ethyl adjacent to an activating group) is 4. The molecule has 8 saturated heterocycles. The average Bonchev–Trinajstić information content (AvgIpc) is 4.21. The van der Waals surface area contributed by atoms with Gasteiger partial charge in [-0.15, -0.1) is 0 Å². The maximum absolute atomic E-state index is 12.0. The summed E-state index contributed by atoms with van der Waals surface area (Å²) in [5.41, 5.74) is 6.52. The number of amides is 1. The van der Waals surface area contributed by atoms with Crippen LogP contribution in [0.5, 0.6) is 0 Å². The lowest BCUT2D eigenvalue weighted by atomic mass is 10.2. The predicted molar refractivity (Wildman–Crippen MR) is 287 cm³/mol. The zero-order valence-corrected chi connectivity index (χ0v) is 45.0. The summed E-state index contributed by atoms with van der Waals surface area (Å²) >= 11 is 23.7. The van der Waals surface area contributed by atoms with Gasteiger partial charge in [-0.05, 0) is 92.8 Å². The van der Waals surface area contributed by atoms with Gasteiger partial charge in [0.25, 0.3) is 0 Å². The Morgan fingerprint density at radius 2 is 0.972 bits per heavy atom. The monoisotopic (exact) mass is 1070 g/mol. The molecule has 0 aliphatic carbocycles. The number of rotatable bonds is 6. The minimum absolute atomic E-state index is 0.123. The van der Waals surface area contributed by atoms with Crippen molar-refractivity contribution >= 4 is 93.1 Å². The third-order valence-corrected chi connectivity index (χ3v) is 16.5. The van der Waals surface area contributed by atoms with E-state index in [9.17, 15) is 9.59 Å². The SMILES string of the molecule is CN1C[C@H]2C[C@@H]1CN2c1cc(C(=O)O)c(Cl)cn1.CN1C[C@H]2C[C@@H]1CN2c1cc(N)c(Cl)cn1.CN1C[C@H]2C[C@@H]1CN2c1cc(NC(=O)OC(C)(C)C)c(Cl)cn1.CN1C[C@H]2C[C@@H]1CN2c1ccc(Cl)cn1. The number of carbonyl (C=O) groups is 2. The van der Waals surface area contributed by atoms with Crippen molar-refractivity contribution in [1.82, 2.24) is 39.5 Å². The smallest absolute Gasteiger partial charge is 0.412 e. The molecule has 8 aliphatic rings. The number of carboxylic acids is 1. The van der Waals surface area contributed by atoms with E-state index in [1.807, 2.05) is 45.0 Å². The van der Waals surface area contributed by atoms with Crippen molar-refractivity contribution in [1.29, 1.82) is 0 Å². The number of nitrogens with two attached hydrogens (primary N) is 1. The van der Waals surface area contributed by atoms with Crippen LogP contribution in [0.25, 0.3) is 0 Å². The largest absolute Gasteiger partial charge is 0.478 e. The van der Waals surface area contributed by atoms with Crippen LogP contribution in [0.4, 0.5) is 39.4 Å². The minimum Gasteiger partial charge on any atom is -0.478 e. The Labute approximate surface area is 442 Å². The van der Waals surface area contributed by atoms with Gasteiger partial charge in [-0.25, -0.2) is 29.5 Å². The molecule has 0 saturated carbocycles. The Morgan fingerprint density at radius 1 is 0.569 bits per heavy atom. The number of likely N-dealkylation sites (tertiary alicyclic amines) is 4. The summed E-state index contributed by atoms with van der Waals surface area (Å²) in [6.07, 6.45) is 10.7. The molecule has 8 fully saturated rings. The fraction of sp³-hybridized carbons (Fsp3) is 0.560. The van der Waals surface area contributed by atoms with Crippen molar-refractivity contribution in [3.8, 4) is 0 Å². The Bertz CT molecular complexity index is 2610. The van der Waals surface area contributed by atoms with E-state index in [1.165, 1.54) is 19.0 Å². The van der Waals surface area contributed by atoms with E-state index < -0.39 is 17.7 Å². The Balaban J connectivity index is 0.000000120. The maximum Gasteiger partial charge on any atom is 0.412 e. The van der Waals surface area contributed by atoms with Gasteiger partial charge in [0, 0.05) is 131 Å². The highest BCUT2D eigenvalue weighted by Gasteiger charge is 2.45. The highest BCUT2D eigenvalue weighted by atomic mass is 35.5. The second kappa shape index (κ2) is 21.3. The molecule has 4 aromatic rings. The number of fused-ring (bicyclic) bond motifs is 8. The second-order valence-electron chi connectivity index (χ2n) is 21.4. The Hall–Kier alpha value is -4.66. The molecule has 1 amide bonds. The molecule has 8 bridgehead atoms. The number of aromatic carboxylic acids is 1. The quantitative estimate of drug-likeness (QED) is 0.177. The third-order valence-electron chi connectivity index (χ3n) is 15.4. The number of hydrogen-bond acceptors (Lipinski definition) is 16. The molecule has 12 heterocycles. The van der Waals surface area contributed by atoms with Crippen molar-refractivity contribution < 1.29 is 19.4 Å². The molecule has 4 N–H and O–H groups in total. The summed E-state index contributed by atoms with van der Waals surface area (Å²) in [7, 11) is 8.68. The lowest BCUT2D eigenvalue weighted by Gasteiger charge is -2.33. The number of piperazine rings is 4. The van der Waals surface area contributed by atoms with Gasteiger partial charge in [0.15, 0.2) is 0 Å². The first-order valence-electron chi connectivity index (χ1n) is 24.6. The van der Waals surface area contributed by atoms with Gasteiger partial charge in [0.2, 0.25) is 0 Å². The minimum atomic E-state index is -1.01. The van der Waals surface area contributed by atoms with Crippen LogP contribution in [0.15, 0.2) is 55.1 Å². The number of nitrogens with one attached hydrogen (secondary N) is 1. The normalized spacial score (nSPS) is 27.2. The molecule has 0 spiro atoms. The van der Waals surface area contributed by atoms with Crippen LogP contribution >= 0.6 is 46.4 Å². The number of hydrogen-bond donors (Lipinski definition) is 3. The lowest BCUT2D eigenvalue weighted by molar-refractivity contribution is 0.0634. The zero-order chi connectivity index (χ0) is 51.3. The van der Waals surface area contributed by atoms with Gasteiger partial charge in [-0.1, -0.05) is 46.4 Å². The van der Waals surface area contributed by atoms with Crippen LogP contribution in [0.1, 0.15) is 56.8 Å². The molecule has 0 aromatic carbocycles. The number of ether oxygens (including phenoxy) is 1. The third kappa shape index (κ3) is 11.5. The molecular formula is C50H66Cl4N14O4. The number of carbonyl (C=O) groups excluding carboxylic acids is 1. The fourth-order valence-corrected chi connectivity index (χ4v) is 12.1. The maximum atomic E-state index is 12.0. The summed E-state index contributed by atoms with van der Waals surface area (Å²) in [5.74, 6) is 2.59. The number of aromatic nitrogens is 4. The molecule has 4 aromatic heterocycles. The van der Waals surface area contributed by atoms with E-state index in [2.05, 4.69) is 92.6 Å². The van der Waals surface area contributed by atoms with Gasteiger partial charge >= 0.3 is 12.1 Å². The fourth-order valence-electron chi connectivity index (χ4n) is 11.6. The van der Waals surface area contributed by atoms with Crippen LogP contribution in [0, 0.1) is 0 Å². The Kier molecular flexibility index (Phi) is 15.4. The van der Waals surface area contributed by atoms with E-state index in [1.54, 1.807) is 24.7 Å². The summed E-state index contributed by atoms with van der Waals surface area (Å²) in [5, 5.41) is 13.6. The van der Waals surface area contributed by atoms with Crippen molar-refractivity contribution in [2.24, 2.45) is 0 Å². The van der Waals surface area contributed by atoms with Crippen molar-refractivity contribution in [3.63, 3.8) is 0 Å². The van der Waals surface area contributed by atoms with Crippen LogP contribution in [0.3, 0.4) is 0 Å². The number of halogens is 4. The van der Waals surface area contributed by atoms with Gasteiger partial charge in [0.05, 0.1) is 43.2 Å². The van der Waals surface area contributed by atoms with E-state index in [-0.39, 0.29) is 10.6 Å². The number of nitrogens with zero attached hydrogens (tertiary/aromatic N) is 12. The molecule has 18 nitrogen and oxygen atoms in total. The van der Waals surface area contributed by atoms with Gasteiger partial charge in [-0.2, -0.15) is 0 Å². The summed E-state index contributed by atoms with van der Waals surface area (Å²) in [6, 6.07) is 13.9. The first kappa shape index (κ1) is 52.2. The van der Waals surface area contributed by atoms with Crippen molar-refractivity contribution in [2.45, 2.75) is 100 Å². The Morgan fingerprint density at radius 3 is 1.35 bits per heavy atom. The number of nitrogen functional groups attached to an aromatic ring is 1. The van der Waals surface area contributed by atoms with E-state index in [0.717, 1.165) is 88.5 Å². The summed E-state index contributed by atoms with van der Waals surface area (Å²) in [6.45, 7) is 13.8. The highest BCUT2D eigenvalue weighted by molar-refractivity contribution is 6.34. The molecule has 388 valence electrons. The van der Waals surface area contributed by atoms with Gasteiger partial charge in [0.1, 0.15) is 28.9 Å². The predicted octanol–water partition coefficient (Wildman–Crippen LogP) is 7.14. The van der Waals surface area contributed by atoms with E-state index in [0.29, 0.717) is 74.8 Å². The number of carboxylic acid groups (broad SMARTS) is 1. The van der Waals surface area contributed by atoms with Crippen LogP contribution < -0.4 is 30.7 Å². The average molecular weight is 1070 g/mol.